The molecule has 3 atom stereocenters. The molecule has 0 bridgehead atoms. The number of carbonyl (C=O) groups excluding carboxylic acids is 2. The van der Waals surface area contributed by atoms with E-state index in [1.165, 1.54) is 31.4 Å². The van der Waals surface area contributed by atoms with E-state index < -0.39 is 0 Å². The quantitative estimate of drug-likeness (QED) is 0.498. The van der Waals surface area contributed by atoms with Crippen molar-refractivity contribution >= 4 is 23.1 Å². The molecule has 5 nitrogen and oxygen atoms in total. The Morgan fingerprint density at radius 3 is 2.77 bits per heavy atom. The molecule has 1 aromatic rings. The van der Waals surface area contributed by atoms with Crippen LogP contribution in [-0.2, 0) is 9.59 Å². The molecule has 1 aromatic carbocycles. The van der Waals surface area contributed by atoms with Crippen LogP contribution in [0, 0.1) is 17.7 Å². The maximum absolute atomic E-state index is 13.7. The number of benzene rings is 1. The summed E-state index contributed by atoms with van der Waals surface area (Å²) in [6.07, 6.45) is 7.52. The Kier molecular flexibility index (Phi) is 7.52. The molecule has 0 fully saturated rings. The number of rotatable bonds is 9. The number of nitrogens with one attached hydrogen (secondary N) is 3. The zero-order valence-electron chi connectivity index (χ0n) is 19.0. The van der Waals surface area contributed by atoms with Crippen LogP contribution in [0.15, 0.2) is 35.5 Å². The standard InChI is InChI=1S/C25H34FN3O2/c1-5-7-8-17(6-2)11-12-27-25(31)23-15(3)22(28-16(23)4)14-20-19-13-18(26)9-10-21(19)29-24(20)30/h9-10,13-14,16-17,23,28H,5-8,11-12H2,1-4H3,(H,27,31)(H,29,30)/b20-14-. The molecule has 2 heterocycles. The van der Waals surface area contributed by atoms with Gasteiger partial charge in [-0.1, -0.05) is 39.5 Å². The van der Waals surface area contributed by atoms with E-state index in [0.717, 1.165) is 24.1 Å². The zero-order chi connectivity index (χ0) is 22.5. The summed E-state index contributed by atoms with van der Waals surface area (Å²) in [5.41, 5.74) is 3.21. The van der Waals surface area contributed by atoms with Crippen LogP contribution >= 0.6 is 0 Å². The molecule has 6 heteroatoms. The third kappa shape index (κ3) is 5.17. The van der Waals surface area contributed by atoms with Gasteiger partial charge in [0, 0.05) is 29.5 Å². The van der Waals surface area contributed by atoms with Gasteiger partial charge in [-0.2, -0.15) is 0 Å². The monoisotopic (exact) mass is 427 g/mol. The SMILES string of the molecule is CCCCC(CC)CCNC(=O)C1C(C)=C(/C=C2\C(=O)Nc3ccc(F)cc32)NC1C. The maximum Gasteiger partial charge on any atom is 0.256 e. The summed E-state index contributed by atoms with van der Waals surface area (Å²) < 4.78 is 13.7. The summed E-state index contributed by atoms with van der Waals surface area (Å²) in [5, 5.41) is 9.21. The van der Waals surface area contributed by atoms with Crippen molar-refractivity contribution in [3.63, 3.8) is 0 Å². The minimum Gasteiger partial charge on any atom is -0.381 e. The van der Waals surface area contributed by atoms with E-state index in [1.54, 1.807) is 12.1 Å². The molecular weight excluding hydrogens is 393 g/mol. The van der Waals surface area contributed by atoms with Crippen LogP contribution in [0.25, 0.3) is 5.57 Å². The number of amides is 2. The van der Waals surface area contributed by atoms with Crippen molar-refractivity contribution in [1.82, 2.24) is 10.6 Å². The Balaban J connectivity index is 1.70. The van der Waals surface area contributed by atoms with E-state index in [1.807, 2.05) is 13.8 Å². The van der Waals surface area contributed by atoms with Gasteiger partial charge >= 0.3 is 0 Å². The number of unbranched alkanes of at least 4 members (excludes halogenated alkanes) is 1. The van der Waals surface area contributed by atoms with Crippen LogP contribution in [0.2, 0.25) is 0 Å². The number of hydrogen-bond donors (Lipinski definition) is 3. The van der Waals surface area contributed by atoms with Crippen LogP contribution in [0.1, 0.15) is 65.4 Å². The molecule has 3 unspecified atom stereocenters. The number of allylic oxidation sites excluding steroid dienone is 1. The third-order valence-corrected chi connectivity index (χ3v) is 6.51. The Morgan fingerprint density at radius 2 is 2.06 bits per heavy atom. The number of anilines is 1. The number of fused-ring (bicyclic) bond motifs is 1. The first-order valence-electron chi connectivity index (χ1n) is 11.4. The van der Waals surface area contributed by atoms with Gasteiger partial charge < -0.3 is 16.0 Å². The highest BCUT2D eigenvalue weighted by molar-refractivity contribution is 6.31. The summed E-state index contributed by atoms with van der Waals surface area (Å²) in [5.74, 6) is -0.280. The molecule has 0 aliphatic carbocycles. The first-order valence-corrected chi connectivity index (χ1v) is 11.4. The van der Waals surface area contributed by atoms with Crippen LogP contribution < -0.4 is 16.0 Å². The summed E-state index contributed by atoms with van der Waals surface area (Å²) in [7, 11) is 0. The second-order valence-electron chi connectivity index (χ2n) is 8.71. The lowest BCUT2D eigenvalue weighted by Gasteiger charge is -2.19. The molecule has 31 heavy (non-hydrogen) atoms. The van der Waals surface area contributed by atoms with Crippen molar-refractivity contribution in [2.45, 2.75) is 65.8 Å². The first-order chi connectivity index (χ1) is 14.8. The van der Waals surface area contributed by atoms with Gasteiger partial charge in [0.1, 0.15) is 5.82 Å². The number of halogens is 1. The smallest absolute Gasteiger partial charge is 0.256 e. The van der Waals surface area contributed by atoms with Gasteiger partial charge in [-0.15, -0.1) is 0 Å². The van der Waals surface area contributed by atoms with Crippen molar-refractivity contribution in [2.24, 2.45) is 11.8 Å². The molecule has 0 radical (unpaired) electrons. The molecule has 0 saturated heterocycles. The topological polar surface area (TPSA) is 70.2 Å². The van der Waals surface area contributed by atoms with Crippen molar-refractivity contribution < 1.29 is 14.0 Å². The van der Waals surface area contributed by atoms with E-state index in [-0.39, 0.29) is 29.6 Å². The van der Waals surface area contributed by atoms with Gasteiger partial charge in [-0.25, -0.2) is 4.39 Å². The fourth-order valence-corrected chi connectivity index (χ4v) is 4.57. The molecule has 3 N–H and O–H groups in total. The van der Waals surface area contributed by atoms with Crippen LogP contribution in [0.5, 0.6) is 0 Å². The van der Waals surface area contributed by atoms with Crippen LogP contribution in [-0.4, -0.2) is 24.4 Å². The highest BCUT2D eigenvalue weighted by Gasteiger charge is 2.35. The van der Waals surface area contributed by atoms with E-state index >= 15 is 0 Å². The van der Waals surface area contributed by atoms with E-state index in [4.69, 9.17) is 0 Å². The Morgan fingerprint density at radius 1 is 1.29 bits per heavy atom. The van der Waals surface area contributed by atoms with Crippen molar-refractivity contribution in [2.75, 3.05) is 11.9 Å². The summed E-state index contributed by atoms with van der Waals surface area (Å²) in [6.45, 7) is 8.99. The molecule has 0 saturated carbocycles. The Hall–Kier alpha value is -2.63. The zero-order valence-corrected chi connectivity index (χ0v) is 19.0. The Labute approximate surface area is 184 Å². The van der Waals surface area contributed by atoms with Crippen LogP contribution in [0.3, 0.4) is 0 Å². The molecule has 168 valence electrons. The molecule has 2 aliphatic heterocycles. The second-order valence-corrected chi connectivity index (χ2v) is 8.71. The molecular formula is C25H34FN3O2. The average Bonchev–Trinajstić information content (AvgIpc) is 3.19. The lowest BCUT2D eigenvalue weighted by molar-refractivity contribution is -0.124. The maximum atomic E-state index is 13.7. The minimum absolute atomic E-state index is 0.0126. The largest absolute Gasteiger partial charge is 0.381 e. The highest BCUT2D eigenvalue weighted by atomic mass is 19.1. The van der Waals surface area contributed by atoms with E-state index in [2.05, 4.69) is 29.8 Å². The van der Waals surface area contributed by atoms with E-state index in [0.29, 0.717) is 29.3 Å². The highest BCUT2D eigenvalue weighted by Crippen LogP contribution is 2.35. The fourth-order valence-electron chi connectivity index (χ4n) is 4.57. The molecule has 3 rings (SSSR count). The van der Waals surface area contributed by atoms with Gasteiger partial charge in [0.05, 0.1) is 11.5 Å². The van der Waals surface area contributed by atoms with Gasteiger partial charge in [0.15, 0.2) is 0 Å². The number of hydrogen-bond acceptors (Lipinski definition) is 3. The summed E-state index contributed by atoms with van der Waals surface area (Å²) >= 11 is 0. The lowest BCUT2D eigenvalue weighted by atomic mass is 9.93. The lowest BCUT2D eigenvalue weighted by Crippen LogP contribution is -2.39. The molecule has 0 spiro atoms. The normalized spacial score (nSPS) is 22.4. The van der Waals surface area contributed by atoms with Gasteiger partial charge in [0.25, 0.3) is 5.91 Å². The van der Waals surface area contributed by atoms with E-state index in [9.17, 15) is 14.0 Å². The Bertz CT molecular complexity index is 906. The fraction of sp³-hybridized carbons (Fsp3) is 0.520. The van der Waals surface area contributed by atoms with Crippen LogP contribution in [0.4, 0.5) is 10.1 Å². The number of carbonyl (C=O) groups is 2. The van der Waals surface area contributed by atoms with Gasteiger partial charge in [-0.05, 0) is 56.0 Å². The van der Waals surface area contributed by atoms with Gasteiger partial charge in [-0.3, -0.25) is 9.59 Å². The summed E-state index contributed by atoms with van der Waals surface area (Å²) in [6, 6.07) is 4.18. The minimum atomic E-state index is -0.388. The van der Waals surface area contributed by atoms with Crippen molar-refractivity contribution in [3.05, 3.63) is 46.9 Å². The van der Waals surface area contributed by atoms with Gasteiger partial charge in [0.2, 0.25) is 5.91 Å². The molecule has 0 aromatic heterocycles. The average molecular weight is 428 g/mol. The van der Waals surface area contributed by atoms with Crippen molar-refractivity contribution in [1.29, 1.82) is 0 Å². The molecule has 2 amide bonds. The third-order valence-electron chi connectivity index (χ3n) is 6.51. The van der Waals surface area contributed by atoms with Crippen molar-refractivity contribution in [3.8, 4) is 0 Å². The predicted molar refractivity (Wildman–Crippen MR) is 123 cm³/mol. The first kappa shape index (κ1) is 23.0. The second kappa shape index (κ2) is 10.1. The predicted octanol–water partition coefficient (Wildman–Crippen LogP) is 4.77. The molecule has 2 aliphatic rings. The summed E-state index contributed by atoms with van der Waals surface area (Å²) in [4.78, 5) is 25.3.